The van der Waals surface area contributed by atoms with Crippen LogP contribution in [0, 0.1) is 13.8 Å². The second-order valence-electron chi connectivity index (χ2n) is 9.23. The van der Waals surface area contributed by atoms with Gasteiger partial charge in [-0.2, -0.15) is 0 Å². The molecule has 36 heavy (non-hydrogen) atoms. The van der Waals surface area contributed by atoms with Gasteiger partial charge >= 0.3 is 0 Å². The summed E-state index contributed by atoms with van der Waals surface area (Å²) in [5.41, 5.74) is 3.90. The van der Waals surface area contributed by atoms with Gasteiger partial charge in [0.2, 0.25) is 5.91 Å². The molecule has 0 radical (unpaired) electrons. The van der Waals surface area contributed by atoms with Gasteiger partial charge in [0, 0.05) is 24.0 Å². The number of hydrogen-bond donors (Lipinski definition) is 1. The minimum atomic E-state index is -0.712. The molecule has 3 aromatic carbocycles. The van der Waals surface area contributed by atoms with Gasteiger partial charge in [-0.15, -0.1) is 0 Å². The maximum absolute atomic E-state index is 13.7. The molecule has 0 heterocycles. The Bertz CT molecular complexity index is 1170. The van der Waals surface area contributed by atoms with Crippen molar-refractivity contribution in [2.24, 2.45) is 0 Å². The van der Waals surface area contributed by atoms with Crippen molar-refractivity contribution < 1.29 is 14.3 Å². The predicted octanol–water partition coefficient (Wildman–Crippen LogP) is 5.89. The van der Waals surface area contributed by atoms with Crippen LogP contribution in [0.5, 0.6) is 5.75 Å². The molecule has 0 saturated heterocycles. The van der Waals surface area contributed by atoms with Crippen LogP contribution < -0.4 is 10.1 Å². The van der Waals surface area contributed by atoms with Gasteiger partial charge in [-0.05, 0) is 62.1 Å². The van der Waals surface area contributed by atoms with Gasteiger partial charge < -0.3 is 15.0 Å². The largest absolute Gasteiger partial charge is 0.483 e. The second kappa shape index (κ2) is 13.1. The van der Waals surface area contributed by atoms with Crippen molar-refractivity contribution in [1.82, 2.24) is 10.2 Å². The third kappa shape index (κ3) is 7.85. The quantitative estimate of drug-likeness (QED) is 0.352. The summed E-state index contributed by atoms with van der Waals surface area (Å²) in [6, 6.07) is 22.2. The summed E-state index contributed by atoms with van der Waals surface area (Å²) >= 11 is 6.23. The zero-order valence-corrected chi connectivity index (χ0v) is 22.2. The molecule has 2 amide bonds. The van der Waals surface area contributed by atoms with Gasteiger partial charge in [0.05, 0.1) is 0 Å². The van der Waals surface area contributed by atoms with E-state index >= 15 is 0 Å². The van der Waals surface area contributed by atoms with Crippen molar-refractivity contribution >= 4 is 23.4 Å². The van der Waals surface area contributed by atoms with Crippen molar-refractivity contribution in [3.8, 4) is 5.75 Å². The van der Waals surface area contributed by atoms with E-state index in [0.29, 0.717) is 17.2 Å². The molecule has 0 aliphatic carbocycles. The van der Waals surface area contributed by atoms with Crippen LogP contribution in [0.1, 0.15) is 42.5 Å². The highest BCUT2D eigenvalue weighted by atomic mass is 35.5. The third-order valence-corrected chi connectivity index (χ3v) is 6.43. The summed E-state index contributed by atoms with van der Waals surface area (Å²) in [5, 5.41) is 3.65. The van der Waals surface area contributed by atoms with E-state index in [4.69, 9.17) is 16.3 Å². The van der Waals surface area contributed by atoms with E-state index in [2.05, 4.69) is 5.32 Å². The van der Waals surface area contributed by atoms with Gasteiger partial charge in [-0.3, -0.25) is 9.59 Å². The first kappa shape index (κ1) is 27.3. The Hall–Kier alpha value is -3.31. The predicted molar refractivity (Wildman–Crippen MR) is 145 cm³/mol. The molecule has 3 aromatic rings. The summed E-state index contributed by atoms with van der Waals surface area (Å²) in [5.74, 6) is 0.200. The van der Waals surface area contributed by atoms with Crippen LogP contribution in [0.3, 0.4) is 0 Å². The maximum atomic E-state index is 13.7. The number of nitrogens with zero attached hydrogens (tertiary/aromatic N) is 1. The van der Waals surface area contributed by atoms with Gasteiger partial charge in [0.25, 0.3) is 5.91 Å². The molecule has 0 aromatic heterocycles. The highest BCUT2D eigenvalue weighted by Crippen LogP contribution is 2.21. The lowest BCUT2D eigenvalue weighted by molar-refractivity contribution is -0.143. The van der Waals surface area contributed by atoms with Crippen LogP contribution in [0.25, 0.3) is 0 Å². The zero-order valence-electron chi connectivity index (χ0n) is 21.5. The van der Waals surface area contributed by atoms with E-state index in [0.717, 1.165) is 28.7 Å². The van der Waals surface area contributed by atoms with Crippen molar-refractivity contribution in [2.75, 3.05) is 6.61 Å². The van der Waals surface area contributed by atoms with Crippen LogP contribution in [-0.2, 0) is 22.6 Å². The molecule has 1 N–H and O–H groups in total. The topological polar surface area (TPSA) is 58.6 Å². The molecular formula is C30H35ClN2O3. The van der Waals surface area contributed by atoms with Crippen LogP contribution in [0.2, 0.25) is 5.02 Å². The lowest BCUT2D eigenvalue weighted by atomic mass is 10.0. The average molecular weight is 507 g/mol. The van der Waals surface area contributed by atoms with Crippen LogP contribution in [0.4, 0.5) is 0 Å². The van der Waals surface area contributed by atoms with E-state index < -0.39 is 6.04 Å². The summed E-state index contributed by atoms with van der Waals surface area (Å²) in [7, 11) is 0. The summed E-state index contributed by atoms with van der Waals surface area (Å²) in [6.45, 7) is 8.01. The molecule has 0 unspecified atom stereocenters. The molecule has 190 valence electrons. The average Bonchev–Trinajstić information content (AvgIpc) is 2.86. The lowest BCUT2D eigenvalue weighted by Crippen LogP contribution is -2.53. The van der Waals surface area contributed by atoms with Crippen molar-refractivity contribution in [3.63, 3.8) is 0 Å². The van der Waals surface area contributed by atoms with E-state index in [9.17, 15) is 9.59 Å². The Morgan fingerprint density at radius 2 is 1.69 bits per heavy atom. The summed E-state index contributed by atoms with van der Waals surface area (Å²) < 4.78 is 5.93. The monoisotopic (exact) mass is 506 g/mol. The van der Waals surface area contributed by atoms with E-state index in [1.165, 1.54) is 0 Å². The van der Waals surface area contributed by atoms with E-state index in [1.54, 1.807) is 11.0 Å². The first-order chi connectivity index (χ1) is 17.3. The van der Waals surface area contributed by atoms with Crippen LogP contribution in [-0.4, -0.2) is 35.4 Å². The van der Waals surface area contributed by atoms with Crippen LogP contribution in [0.15, 0.2) is 72.8 Å². The number of nitrogens with one attached hydrogen (secondary N) is 1. The molecule has 5 nitrogen and oxygen atoms in total. The van der Waals surface area contributed by atoms with Crippen LogP contribution >= 0.6 is 11.6 Å². The molecule has 0 saturated carbocycles. The van der Waals surface area contributed by atoms with Gasteiger partial charge in [0.15, 0.2) is 6.61 Å². The fourth-order valence-corrected chi connectivity index (χ4v) is 4.22. The molecule has 6 heteroatoms. The Balaban J connectivity index is 1.92. The van der Waals surface area contributed by atoms with Crippen molar-refractivity contribution in [1.29, 1.82) is 0 Å². The Morgan fingerprint density at radius 1 is 0.972 bits per heavy atom. The molecule has 2 atom stereocenters. The van der Waals surface area contributed by atoms with E-state index in [-0.39, 0.29) is 31.0 Å². The number of carbonyl (C=O) groups excluding carboxylic acids is 2. The molecule has 0 aliphatic heterocycles. The fourth-order valence-electron chi connectivity index (χ4n) is 4.01. The SMILES string of the molecule is CC[C@@H](C)NC(=O)[C@H](Cc1ccccc1)N(Cc1cccc(Cl)c1)C(=O)COc1ccc(C)cc1C. The smallest absolute Gasteiger partial charge is 0.261 e. The van der Waals surface area contributed by atoms with Gasteiger partial charge in [-0.1, -0.05) is 78.7 Å². The number of halogens is 1. The molecule has 0 bridgehead atoms. The third-order valence-electron chi connectivity index (χ3n) is 6.20. The molecule has 3 rings (SSSR count). The van der Waals surface area contributed by atoms with Crippen molar-refractivity contribution in [3.05, 3.63) is 100 Å². The maximum Gasteiger partial charge on any atom is 0.261 e. The minimum absolute atomic E-state index is 0.00893. The molecule has 0 aliphatic rings. The minimum Gasteiger partial charge on any atom is -0.483 e. The number of hydrogen-bond acceptors (Lipinski definition) is 3. The number of carbonyl (C=O) groups is 2. The summed E-state index contributed by atoms with van der Waals surface area (Å²) in [6.07, 6.45) is 1.18. The normalized spacial score (nSPS) is 12.5. The lowest BCUT2D eigenvalue weighted by Gasteiger charge is -2.32. The number of ether oxygens (including phenoxy) is 1. The molecular weight excluding hydrogens is 472 g/mol. The highest BCUT2D eigenvalue weighted by Gasteiger charge is 2.31. The Kier molecular flexibility index (Phi) is 9.95. The van der Waals surface area contributed by atoms with Gasteiger partial charge in [0.1, 0.15) is 11.8 Å². The molecule has 0 spiro atoms. The Morgan fingerprint density at radius 3 is 2.36 bits per heavy atom. The standard InChI is InChI=1S/C30H35ClN2O3/c1-5-23(4)32-30(35)27(18-24-10-7-6-8-11-24)33(19-25-12-9-13-26(31)17-25)29(34)20-36-28-15-14-21(2)16-22(28)3/h6-17,23,27H,5,18-20H2,1-4H3,(H,32,35)/t23-,27+/m1/s1. The summed E-state index contributed by atoms with van der Waals surface area (Å²) in [4.78, 5) is 28.8. The number of benzene rings is 3. The van der Waals surface area contributed by atoms with Crippen molar-refractivity contribution in [2.45, 2.75) is 59.2 Å². The number of rotatable bonds is 11. The number of amides is 2. The molecule has 0 fully saturated rings. The highest BCUT2D eigenvalue weighted by molar-refractivity contribution is 6.30. The number of aryl methyl sites for hydroxylation is 2. The Labute approximate surface area is 219 Å². The zero-order chi connectivity index (χ0) is 26.1. The van der Waals surface area contributed by atoms with Gasteiger partial charge in [-0.25, -0.2) is 0 Å². The first-order valence-electron chi connectivity index (χ1n) is 12.3. The van der Waals surface area contributed by atoms with E-state index in [1.807, 2.05) is 94.4 Å². The fraction of sp³-hybridized carbons (Fsp3) is 0.333. The second-order valence-corrected chi connectivity index (χ2v) is 9.67. The first-order valence-corrected chi connectivity index (χ1v) is 12.7.